The number of phenolic OH excluding ortho intramolecular Hbond substituents is 1. The van der Waals surface area contributed by atoms with Gasteiger partial charge in [-0.2, -0.15) is 0 Å². The van der Waals surface area contributed by atoms with Gasteiger partial charge >= 0.3 is 0 Å². The lowest BCUT2D eigenvalue weighted by atomic mass is 9.94. The number of aliphatic hydroxyl groups excluding tert-OH is 1. The maximum Gasteiger partial charge on any atom is 0.300 e. The highest BCUT2D eigenvalue weighted by Gasteiger charge is 2.47. The molecule has 3 aromatic rings. The standard InChI is InChI=1S/C26H20Cl3NO5/c1-12-6-13(2)8-16(7-12)30-22(14-4-5-20(31)18(28)9-14)21(24(33)26(30)34)23(32)17-10-15(27)11-19(29)25(17)35-3/h4-11,22,31-32H,1-3H3/b23-21+. The first-order chi connectivity index (χ1) is 16.5. The molecule has 35 heavy (non-hydrogen) atoms. The number of halogens is 3. The number of methoxy groups -OCH3 is 1. The highest BCUT2D eigenvalue weighted by atomic mass is 35.5. The monoisotopic (exact) mass is 531 g/mol. The van der Waals surface area contributed by atoms with E-state index in [9.17, 15) is 19.8 Å². The van der Waals surface area contributed by atoms with E-state index < -0.39 is 23.5 Å². The number of aliphatic hydroxyl groups is 1. The molecule has 2 N–H and O–H groups in total. The Kier molecular flexibility index (Phi) is 6.73. The number of Topliss-reactive ketones (excluding diaryl/α,β-unsaturated/α-hetero) is 1. The van der Waals surface area contributed by atoms with Crippen molar-refractivity contribution < 1.29 is 24.5 Å². The molecule has 1 atom stereocenters. The first-order valence-electron chi connectivity index (χ1n) is 10.4. The Bertz CT molecular complexity index is 1400. The number of hydrogen-bond acceptors (Lipinski definition) is 5. The van der Waals surface area contributed by atoms with Crippen molar-refractivity contribution in [2.24, 2.45) is 0 Å². The largest absolute Gasteiger partial charge is 0.507 e. The van der Waals surface area contributed by atoms with Gasteiger partial charge in [-0.15, -0.1) is 0 Å². The molecular weight excluding hydrogens is 513 g/mol. The highest BCUT2D eigenvalue weighted by Crippen LogP contribution is 2.46. The van der Waals surface area contributed by atoms with Gasteiger partial charge in [-0.05, 0) is 66.9 Å². The maximum absolute atomic E-state index is 13.4. The van der Waals surface area contributed by atoms with Gasteiger partial charge < -0.3 is 14.9 Å². The van der Waals surface area contributed by atoms with E-state index in [0.717, 1.165) is 11.1 Å². The summed E-state index contributed by atoms with van der Waals surface area (Å²) in [5.74, 6) is -2.33. The van der Waals surface area contributed by atoms with Gasteiger partial charge in [0.15, 0.2) is 0 Å². The number of benzene rings is 3. The molecule has 6 nitrogen and oxygen atoms in total. The smallest absolute Gasteiger partial charge is 0.300 e. The van der Waals surface area contributed by atoms with Gasteiger partial charge in [0.2, 0.25) is 0 Å². The number of phenols is 1. The Balaban J connectivity index is 2.05. The minimum absolute atomic E-state index is 0.0249. The molecule has 9 heteroatoms. The van der Waals surface area contributed by atoms with E-state index >= 15 is 0 Å². The number of carbonyl (C=O) groups is 2. The number of carbonyl (C=O) groups excluding carboxylic acids is 2. The molecule has 0 bridgehead atoms. The number of rotatable bonds is 4. The topological polar surface area (TPSA) is 87.1 Å². The molecule has 3 aromatic carbocycles. The molecule has 0 radical (unpaired) electrons. The van der Waals surface area contributed by atoms with Crippen LogP contribution in [0.4, 0.5) is 5.69 Å². The Morgan fingerprint density at radius 1 is 0.943 bits per heavy atom. The van der Waals surface area contributed by atoms with Gasteiger partial charge in [-0.3, -0.25) is 14.5 Å². The van der Waals surface area contributed by atoms with Crippen molar-refractivity contribution in [3.8, 4) is 11.5 Å². The summed E-state index contributed by atoms with van der Waals surface area (Å²) < 4.78 is 5.34. The van der Waals surface area contributed by atoms with Crippen LogP contribution >= 0.6 is 34.8 Å². The second kappa shape index (κ2) is 9.46. The van der Waals surface area contributed by atoms with E-state index in [1.165, 1.54) is 42.3 Å². The first kappa shape index (κ1) is 24.9. The second-order valence-corrected chi connectivity index (χ2v) is 9.45. The molecule has 1 saturated heterocycles. The van der Waals surface area contributed by atoms with Crippen LogP contribution in [-0.2, 0) is 9.59 Å². The summed E-state index contributed by atoms with van der Waals surface area (Å²) in [5, 5.41) is 21.7. The van der Waals surface area contributed by atoms with E-state index in [2.05, 4.69) is 0 Å². The normalized spacial score (nSPS) is 17.2. The lowest BCUT2D eigenvalue weighted by Gasteiger charge is -2.26. The lowest BCUT2D eigenvalue weighted by molar-refractivity contribution is -0.132. The molecule has 4 rings (SSSR count). The fourth-order valence-corrected chi connectivity index (χ4v) is 5.05. The van der Waals surface area contributed by atoms with Crippen molar-refractivity contribution in [1.29, 1.82) is 0 Å². The van der Waals surface area contributed by atoms with Gasteiger partial charge in [-0.25, -0.2) is 0 Å². The summed E-state index contributed by atoms with van der Waals surface area (Å²) in [6.07, 6.45) is 0. The third-order valence-electron chi connectivity index (χ3n) is 5.68. The summed E-state index contributed by atoms with van der Waals surface area (Å²) in [6.45, 7) is 3.75. The quantitative estimate of drug-likeness (QED) is 0.224. The molecule has 0 aromatic heterocycles. The molecule has 1 fully saturated rings. The summed E-state index contributed by atoms with van der Waals surface area (Å²) in [7, 11) is 1.36. The number of ether oxygens (including phenoxy) is 1. The van der Waals surface area contributed by atoms with Crippen molar-refractivity contribution in [2.75, 3.05) is 12.0 Å². The number of hydrogen-bond donors (Lipinski definition) is 2. The van der Waals surface area contributed by atoms with Crippen molar-refractivity contribution in [3.05, 3.63) is 91.4 Å². The summed E-state index contributed by atoms with van der Waals surface area (Å²) in [5.41, 5.74) is 2.49. The van der Waals surface area contributed by atoms with Crippen LogP contribution in [0.25, 0.3) is 5.76 Å². The van der Waals surface area contributed by atoms with Gasteiger partial charge in [0.05, 0.1) is 34.3 Å². The zero-order chi connectivity index (χ0) is 25.6. The van der Waals surface area contributed by atoms with Crippen molar-refractivity contribution in [2.45, 2.75) is 19.9 Å². The Labute approximate surface area is 216 Å². The molecule has 1 amide bonds. The van der Waals surface area contributed by atoms with Gasteiger partial charge in [0, 0.05) is 10.7 Å². The van der Waals surface area contributed by atoms with Crippen LogP contribution in [0.15, 0.2) is 54.1 Å². The van der Waals surface area contributed by atoms with Crippen LogP contribution in [0.5, 0.6) is 11.5 Å². The number of aryl methyl sites for hydroxylation is 2. The van der Waals surface area contributed by atoms with Crippen LogP contribution in [0.3, 0.4) is 0 Å². The van der Waals surface area contributed by atoms with Crippen LogP contribution in [0, 0.1) is 13.8 Å². The minimum Gasteiger partial charge on any atom is -0.507 e. The molecule has 1 unspecified atom stereocenters. The molecule has 1 heterocycles. The van der Waals surface area contributed by atoms with Crippen molar-refractivity contribution in [3.63, 3.8) is 0 Å². The van der Waals surface area contributed by atoms with Gasteiger partial charge in [-0.1, -0.05) is 46.9 Å². The van der Waals surface area contributed by atoms with Crippen molar-refractivity contribution in [1.82, 2.24) is 0 Å². The fraction of sp³-hybridized carbons (Fsp3) is 0.154. The zero-order valence-corrected chi connectivity index (χ0v) is 21.2. The van der Waals surface area contributed by atoms with E-state index in [4.69, 9.17) is 39.5 Å². The van der Waals surface area contributed by atoms with E-state index in [1.54, 1.807) is 12.1 Å². The SMILES string of the molecule is COc1c(Cl)cc(Cl)cc1/C(O)=C1\C(=O)C(=O)N(c2cc(C)cc(C)c2)C1c1ccc(O)c(Cl)c1. The Morgan fingerprint density at radius 2 is 1.60 bits per heavy atom. The van der Waals surface area contributed by atoms with E-state index in [-0.39, 0.29) is 37.7 Å². The Morgan fingerprint density at radius 3 is 2.20 bits per heavy atom. The minimum atomic E-state index is -1.06. The number of ketones is 1. The summed E-state index contributed by atoms with van der Waals surface area (Å²) >= 11 is 18.6. The van der Waals surface area contributed by atoms with Gasteiger partial charge in [0.1, 0.15) is 17.3 Å². The Hall–Kier alpha value is -3.19. The van der Waals surface area contributed by atoms with Crippen LogP contribution in [0.2, 0.25) is 15.1 Å². The first-order valence-corrected chi connectivity index (χ1v) is 11.6. The second-order valence-electron chi connectivity index (χ2n) is 8.19. The molecule has 0 saturated carbocycles. The average molecular weight is 533 g/mol. The number of nitrogens with zero attached hydrogens (tertiary/aromatic N) is 1. The van der Waals surface area contributed by atoms with E-state index in [1.807, 2.05) is 19.9 Å². The third-order valence-corrected chi connectivity index (χ3v) is 6.49. The highest BCUT2D eigenvalue weighted by molar-refractivity contribution is 6.52. The molecule has 1 aliphatic heterocycles. The van der Waals surface area contributed by atoms with E-state index in [0.29, 0.717) is 11.3 Å². The summed E-state index contributed by atoms with van der Waals surface area (Å²) in [6, 6.07) is 11.6. The molecule has 0 spiro atoms. The molecular formula is C26H20Cl3NO5. The number of anilines is 1. The average Bonchev–Trinajstić information content (AvgIpc) is 3.04. The van der Waals surface area contributed by atoms with Crippen LogP contribution in [0.1, 0.15) is 28.3 Å². The molecule has 180 valence electrons. The molecule has 1 aliphatic rings. The maximum atomic E-state index is 13.4. The van der Waals surface area contributed by atoms with Crippen LogP contribution in [-0.4, -0.2) is 29.0 Å². The van der Waals surface area contributed by atoms with Gasteiger partial charge in [0.25, 0.3) is 11.7 Å². The predicted octanol–water partition coefficient (Wildman–Crippen LogP) is 6.60. The number of aromatic hydroxyl groups is 1. The molecule has 0 aliphatic carbocycles. The van der Waals surface area contributed by atoms with Crippen molar-refractivity contribution >= 4 is 57.9 Å². The van der Waals surface area contributed by atoms with Crippen LogP contribution < -0.4 is 9.64 Å². The zero-order valence-electron chi connectivity index (χ0n) is 18.9. The fourth-order valence-electron chi connectivity index (χ4n) is 4.29. The number of amides is 1. The summed E-state index contributed by atoms with van der Waals surface area (Å²) in [4.78, 5) is 28.0. The third kappa shape index (κ3) is 4.45. The predicted molar refractivity (Wildman–Crippen MR) is 137 cm³/mol. The lowest BCUT2D eigenvalue weighted by Crippen LogP contribution is -2.29.